The van der Waals surface area contributed by atoms with Crippen LogP contribution in [0, 0.1) is 0 Å². The Balaban J connectivity index is 1.43. The van der Waals surface area contributed by atoms with Crippen molar-refractivity contribution in [3.05, 3.63) is 60.7 Å². The zero-order valence-corrected chi connectivity index (χ0v) is 13.8. The number of imidazole rings is 1. The topological polar surface area (TPSA) is 90.4 Å². The first-order chi connectivity index (χ1) is 12.1. The second-order valence-electron chi connectivity index (χ2n) is 5.97. The largest absolute Gasteiger partial charge is 0.494 e. The quantitative estimate of drug-likeness (QED) is 0.616. The third-order valence-electron chi connectivity index (χ3n) is 3.98. The maximum atomic E-state index is 11.0. The molecule has 1 amide bonds. The van der Waals surface area contributed by atoms with Crippen LogP contribution in [0.3, 0.4) is 0 Å². The molecule has 6 heteroatoms. The minimum Gasteiger partial charge on any atom is -0.494 e. The van der Waals surface area contributed by atoms with Gasteiger partial charge in [-0.05, 0) is 35.7 Å². The highest BCUT2D eigenvalue weighted by atomic mass is 16.5. The normalized spacial score (nSPS) is 12.2. The second kappa shape index (κ2) is 7.81. The Hall–Kier alpha value is -2.86. The second-order valence-corrected chi connectivity index (χ2v) is 5.97. The fourth-order valence-electron chi connectivity index (χ4n) is 2.69. The summed E-state index contributed by atoms with van der Waals surface area (Å²) in [5, 5.41) is 12.4. The Labute approximate surface area is 145 Å². The molecule has 0 saturated carbocycles. The molecule has 2 aromatic carbocycles. The lowest BCUT2D eigenvalue weighted by molar-refractivity contribution is 0.0995. The van der Waals surface area contributed by atoms with E-state index in [4.69, 9.17) is 10.5 Å². The number of carbonyl (C=O) groups excluding carboxylic acids is 1. The molecule has 0 radical (unpaired) electrons. The lowest BCUT2D eigenvalue weighted by Crippen LogP contribution is -2.16. The van der Waals surface area contributed by atoms with Crippen molar-refractivity contribution in [2.75, 3.05) is 6.61 Å². The van der Waals surface area contributed by atoms with Crippen LogP contribution in [-0.2, 0) is 6.54 Å². The predicted octanol–water partition coefficient (Wildman–Crippen LogP) is 2.36. The number of primary amides is 1. The van der Waals surface area contributed by atoms with Crippen LogP contribution < -0.4 is 10.5 Å². The number of benzene rings is 2. The predicted molar refractivity (Wildman–Crippen MR) is 95.4 cm³/mol. The van der Waals surface area contributed by atoms with Crippen molar-refractivity contribution < 1.29 is 14.6 Å². The van der Waals surface area contributed by atoms with Crippen LogP contribution in [0.1, 0.15) is 23.3 Å². The number of aliphatic hydroxyl groups excluding tert-OH is 1. The van der Waals surface area contributed by atoms with Crippen molar-refractivity contribution in [1.29, 1.82) is 0 Å². The molecule has 3 rings (SSSR count). The zero-order valence-electron chi connectivity index (χ0n) is 13.8. The van der Waals surface area contributed by atoms with Crippen molar-refractivity contribution >= 4 is 16.7 Å². The number of fused-ring (bicyclic) bond motifs is 1. The molecule has 3 aromatic rings. The van der Waals surface area contributed by atoms with Crippen molar-refractivity contribution in [2.24, 2.45) is 5.73 Å². The van der Waals surface area contributed by atoms with Gasteiger partial charge in [-0.15, -0.1) is 0 Å². The molecule has 0 aliphatic heterocycles. The summed E-state index contributed by atoms with van der Waals surface area (Å²) in [4.78, 5) is 14.9. The molecule has 6 nitrogen and oxygen atoms in total. The first-order valence-corrected chi connectivity index (χ1v) is 8.23. The van der Waals surface area contributed by atoms with E-state index in [0.29, 0.717) is 19.6 Å². The number of rotatable bonds is 8. The SMILES string of the molecule is NC(=O)c1cn(CC(O)CCCOc2ccc3ccccc3c2)cn1. The van der Waals surface area contributed by atoms with Crippen molar-refractivity contribution in [2.45, 2.75) is 25.5 Å². The van der Waals surface area contributed by atoms with Gasteiger partial charge in [-0.25, -0.2) is 4.98 Å². The fraction of sp³-hybridized carbons (Fsp3) is 0.263. The van der Waals surface area contributed by atoms with Crippen LogP contribution in [0.15, 0.2) is 55.0 Å². The molecule has 25 heavy (non-hydrogen) atoms. The first-order valence-electron chi connectivity index (χ1n) is 8.23. The lowest BCUT2D eigenvalue weighted by Gasteiger charge is -2.12. The summed E-state index contributed by atoms with van der Waals surface area (Å²) in [6, 6.07) is 14.1. The molecule has 1 atom stereocenters. The number of hydrogen-bond acceptors (Lipinski definition) is 4. The number of carbonyl (C=O) groups is 1. The van der Waals surface area contributed by atoms with E-state index in [2.05, 4.69) is 17.1 Å². The standard InChI is InChI=1S/C19H21N3O3/c20-19(24)18-12-22(13-21-18)11-16(23)6-3-9-25-17-8-7-14-4-1-2-5-15(14)10-17/h1-2,4-5,7-8,10,12-13,16,23H,3,6,9,11H2,(H2,20,24). The molecule has 1 unspecified atom stereocenters. The minimum absolute atomic E-state index is 0.201. The fourth-order valence-corrected chi connectivity index (χ4v) is 2.69. The van der Waals surface area contributed by atoms with E-state index >= 15 is 0 Å². The Kier molecular flexibility index (Phi) is 5.30. The van der Waals surface area contributed by atoms with Crippen LogP contribution in [0.4, 0.5) is 0 Å². The molecule has 0 aliphatic rings. The summed E-state index contributed by atoms with van der Waals surface area (Å²) < 4.78 is 7.42. The highest BCUT2D eigenvalue weighted by Crippen LogP contribution is 2.20. The average Bonchev–Trinajstić information content (AvgIpc) is 3.07. The monoisotopic (exact) mass is 339 g/mol. The maximum Gasteiger partial charge on any atom is 0.268 e. The van der Waals surface area contributed by atoms with Crippen molar-refractivity contribution in [3.8, 4) is 5.75 Å². The highest BCUT2D eigenvalue weighted by molar-refractivity contribution is 5.90. The van der Waals surface area contributed by atoms with E-state index in [9.17, 15) is 9.90 Å². The molecular formula is C19H21N3O3. The number of ether oxygens (including phenoxy) is 1. The van der Waals surface area contributed by atoms with E-state index in [0.717, 1.165) is 17.6 Å². The summed E-state index contributed by atoms with van der Waals surface area (Å²) in [7, 11) is 0. The minimum atomic E-state index is -0.572. The first kappa shape index (κ1) is 17.0. The zero-order chi connectivity index (χ0) is 17.6. The van der Waals surface area contributed by atoms with Gasteiger partial charge >= 0.3 is 0 Å². The number of aromatic nitrogens is 2. The lowest BCUT2D eigenvalue weighted by atomic mass is 10.1. The molecule has 0 saturated heterocycles. The van der Waals surface area contributed by atoms with Gasteiger partial charge in [0, 0.05) is 12.7 Å². The number of nitrogens with two attached hydrogens (primary N) is 1. The Morgan fingerprint density at radius 2 is 2.04 bits per heavy atom. The van der Waals surface area contributed by atoms with Gasteiger partial charge in [-0.3, -0.25) is 4.79 Å². The van der Waals surface area contributed by atoms with Crippen LogP contribution in [0.5, 0.6) is 5.75 Å². The molecule has 1 aromatic heterocycles. The smallest absolute Gasteiger partial charge is 0.268 e. The van der Waals surface area contributed by atoms with E-state index in [1.165, 1.54) is 17.9 Å². The van der Waals surface area contributed by atoms with E-state index in [1.807, 2.05) is 30.3 Å². The highest BCUT2D eigenvalue weighted by Gasteiger charge is 2.09. The van der Waals surface area contributed by atoms with Crippen LogP contribution >= 0.6 is 0 Å². The summed E-state index contributed by atoms with van der Waals surface area (Å²) in [5.74, 6) is 0.255. The summed E-state index contributed by atoms with van der Waals surface area (Å²) >= 11 is 0. The van der Waals surface area contributed by atoms with Gasteiger partial charge in [-0.1, -0.05) is 30.3 Å². The van der Waals surface area contributed by atoms with Gasteiger partial charge in [0.1, 0.15) is 11.4 Å². The van der Waals surface area contributed by atoms with Gasteiger partial charge in [0.15, 0.2) is 0 Å². The van der Waals surface area contributed by atoms with E-state index in [-0.39, 0.29) is 5.69 Å². The Morgan fingerprint density at radius 1 is 1.24 bits per heavy atom. The maximum absolute atomic E-state index is 11.0. The molecule has 0 aliphatic carbocycles. The molecule has 0 bridgehead atoms. The van der Waals surface area contributed by atoms with Crippen LogP contribution in [0.25, 0.3) is 10.8 Å². The van der Waals surface area contributed by atoms with Gasteiger partial charge < -0.3 is 20.1 Å². The van der Waals surface area contributed by atoms with Gasteiger partial charge in [0.25, 0.3) is 5.91 Å². The van der Waals surface area contributed by atoms with Gasteiger partial charge in [-0.2, -0.15) is 0 Å². The van der Waals surface area contributed by atoms with Crippen molar-refractivity contribution in [3.63, 3.8) is 0 Å². The third kappa shape index (κ3) is 4.58. The molecule has 3 N–H and O–H groups in total. The average molecular weight is 339 g/mol. The third-order valence-corrected chi connectivity index (χ3v) is 3.98. The molecule has 0 spiro atoms. The summed E-state index contributed by atoms with van der Waals surface area (Å²) in [5.41, 5.74) is 5.35. The molecular weight excluding hydrogens is 318 g/mol. The van der Waals surface area contributed by atoms with Crippen LogP contribution in [-0.4, -0.2) is 33.3 Å². The van der Waals surface area contributed by atoms with Gasteiger partial charge in [0.2, 0.25) is 0 Å². The van der Waals surface area contributed by atoms with E-state index in [1.54, 1.807) is 4.57 Å². The number of amides is 1. The molecule has 130 valence electrons. The van der Waals surface area contributed by atoms with Crippen LogP contribution in [0.2, 0.25) is 0 Å². The molecule has 0 fully saturated rings. The van der Waals surface area contributed by atoms with Gasteiger partial charge in [0.05, 0.1) is 19.0 Å². The Morgan fingerprint density at radius 3 is 2.80 bits per heavy atom. The van der Waals surface area contributed by atoms with Crippen molar-refractivity contribution in [1.82, 2.24) is 9.55 Å². The Bertz CT molecular complexity index is 860. The number of nitrogens with zero attached hydrogens (tertiary/aromatic N) is 2. The number of aliphatic hydroxyl groups is 1. The summed E-state index contributed by atoms with van der Waals surface area (Å²) in [6.07, 6.45) is 3.82. The van der Waals surface area contributed by atoms with E-state index < -0.39 is 12.0 Å². The summed E-state index contributed by atoms with van der Waals surface area (Å²) in [6.45, 7) is 0.905. The number of hydrogen-bond donors (Lipinski definition) is 2. The molecule has 1 heterocycles.